The lowest BCUT2D eigenvalue weighted by atomic mass is 10.2. The highest BCUT2D eigenvalue weighted by atomic mass is 28.4. The zero-order chi connectivity index (χ0) is 10.7. The number of rotatable bonds is 4. The molecule has 1 atom stereocenters. The van der Waals surface area contributed by atoms with Crippen molar-refractivity contribution in [3.05, 3.63) is 0 Å². The van der Waals surface area contributed by atoms with E-state index >= 15 is 0 Å². The average molecular weight is 204 g/mol. The maximum absolute atomic E-state index is 8.87. The van der Waals surface area contributed by atoms with Gasteiger partial charge >= 0.3 is 0 Å². The molecule has 0 fully saturated rings. The summed E-state index contributed by atoms with van der Waals surface area (Å²) in [5, 5.41) is 9.14. The first-order valence-corrected chi connectivity index (χ1v) is 7.86. The molecule has 0 aromatic carbocycles. The van der Waals surface area contributed by atoms with Crippen LogP contribution in [-0.4, -0.2) is 26.6 Å². The summed E-state index contributed by atoms with van der Waals surface area (Å²) >= 11 is 0. The molecule has 0 spiro atoms. The van der Waals surface area contributed by atoms with Crippen molar-refractivity contribution in [3.8, 4) is 0 Å². The summed E-state index contributed by atoms with van der Waals surface area (Å²) in [6, 6.07) is 0. The number of hydrogen-bond acceptors (Lipinski definition) is 2. The zero-order valence-corrected chi connectivity index (χ0v) is 10.8. The first kappa shape index (κ1) is 13.1. The third-order valence-corrected chi connectivity index (χ3v) is 7.35. The average Bonchev–Trinajstić information content (AvgIpc) is 1.98. The number of aliphatic hydroxyl groups is 1. The molecule has 0 heterocycles. The van der Waals surface area contributed by atoms with Gasteiger partial charge in [0.05, 0.1) is 0 Å². The molecule has 3 heteroatoms. The Morgan fingerprint density at radius 2 is 1.77 bits per heavy atom. The van der Waals surface area contributed by atoms with E-state index in [9.17, 15) is 0 Å². The fraction of sp³-hybridized carbons (Fsp3) is 1.00. The molecule has 0 aliphatic heterocycles. The third kappa shape index (κ3) is 4.25. The molecular formula is C10H24O2Si. The molecule has 0 saturated carbocycles. The van der Waals surface area contributed by atoms with Gasteiger partial charge in [0.2, 0.25) is 0 Å². The molecule has 0 amide bonds. The summed E-state index contributed by atoms with van der Waals surface area (Å²) < 4.78 is 5.93. The Balaban J connectivity index is 4.04. The minimum Gasteiger partial charge on any atom is -0.416 e. The molecule has 0 aliphatic carbocycles. The van der Waals surface area contributed by atoms with E-state index in [0.29, 0.717) is 6.61 Å². The van der Waals surface area contributed by atoms with Crippen molar-refractivity contribution in [2.45, 2.75) is 45.8 Å². The molecule has 2 nitrogen and oxygen atoms in total. The lowest BCUT2D eigenvalue weighted by molar-refractivity contribution is 0.165. The van der Waals surface area contributed by atoms with Gasteiger partial charge in [0.1, 0.15) is 0 Å². The van der Waals surface area contributed by atoms with E-state index in [2.05, 4.69) is 33.9 Å². The van der Waals surface area contributed by atoms with Gasteiger partial charge in [-0.1, -0.05) is 27.7 Å². The highest BCUT2D eigenvalue weighted by Gasteiger charge is 2.37. The van der Waals surface area contributed by atoms with Crippen molar-refractivity contribution < 1.29 is 9.53 Å². The molecule has 1 N–H and O–H groups in total. The topological polar surface area (TPSA) is 29.5 Å². The van der Waals surface area contributed by atoms with Gasteiger partial charge in [-0.25, -0.2) is 0 Å². The van der Waals surface area contributed by atoms with Crippen LogP contribution in [0.2, 0.25) is 18.1 Å². The lowest BCUT2D eigenvalue weighted by Crippen LogP contribution is -2.42. The molecule has 0 aromatic heterocycles. The Morgan fingerprint density at radius 1 is 1.31 bits per heavy atom. The summed E-state index contributed by atoms with van der Waals surface area (Å²) in [5.74, 6) is 0.258. The van der Waals surface area contributed by atoms with Crippen LogP contribution in [0.5, 0.6) is 0 Å². The molecule has 0 aromatic rings. The SMILES string of the molecule is CC(CO)CO[Si](C)(C)C(C)(C)C. The highest BCUT2D eigenvalue weighted by Crippen LogP contribution is 2.36. The quantitative estimate of drug-likeness (QED) is 0.713. The van der Waals surface area contributed by atoms with Gasteiger partial charge in [-0.2, -0.15) is 0 Å². The monoisotopic (exact) mass is 204 g/mol. The summed E-state index contributed by atoms with van der Waals surface area (Å²) in [5.41, 5.74) is 0. The molecule has 80 valence electrons. The second-order valence-corrected chi connectivity index (χ2v) is 10.2. The molecule has 0 bridgehead atoms. The molecule has 0 radical (unpaired) electrons. The second-order valence-electron chi connectivity index (χ2n) is 5.36. The third-order valence-electron chi connectivity index (χ3n) is 2.85. The molecular weight excluding hydrogens is 180 g/mol. The Morgan fingerprint density at radius 3 is 2.08 bits per heavy atom. The van der Waals surface area contributed by atoms with Crippen LogP contribution in [0.15, 0.2) is 0 Å². The van der Waals surface area contributed by atoms with Crippen molar-refractivity contribution in [2.24, 2.45) is 5.92 Å². The van der Waals surface area contributed by atoms with E-state index in [0.717, 1.165) is 0 Å². The Bertz CT molecular complexity index is 149. The second kappa shape index (κ2) is 4.58. The molecule has 0 aliphatic rings. The normalized spacial score (nSPS) is 15.9. The molecule has 0 saturated heterocycles. The van der Waals surface area contributed by atoms with Crippen LogP contribution in [0.1, 0.15) is 27.7 Å². The fourth-order valence-electron chi connectivity index (χ4n) is 0.620. The van der Waals surface area contributed by atoms with Crippen LogP contribution < -0.4 is 0 Å². The van der Waals surface area contributed by atoms with Gasteiger partial charge in [0.25, 0.3) is 0 Å². The lowest BCUT2D eigenvalue weighted by Gasteiger charge is -2.36. The van der Waals surface area contributed by atoms with Crippen LogP contribution in [0.4, 0.5) is 0 Å². The van der Waals surface area contributed by atoms with Crippen molar-refractivity contribution in [1.29, 1.82) is 0 Å². The van der Waals surface area contributed by atoms with Crippen LogP contribution in [0.25, 0.3) is 0 Å². The van der Waals surface area contributed by atoms with E-state index < -0.39 is 8.32 Å². The van der Waals surface area contributed by atoms with Crippen molar-refractivity contribution in [1.82, 2.24) is 0 Å². The van der Waals surface area contributed by atoms with Gasteiger partial charge in [0, 0.05) is 19.1 Å². The van der Waals surface area contributed by atoms with Crippen LogP contribution in [0, 0.1) is 5.92 Å². The van der Waals surface area contributed by atoms with Gasteiger partial charge in [0.15, 0.2) is 8.32 Å². The van der Waals surface area contributed by atoms with Gasteiger partial charge < -0.3 is 9.53 Å². The van der Waals surface area contributed by atoms with Crippen molar-refractivity contribution >= 4 is 8.32 Å². The van der Waals surface area contributed by atoms with Crippen LogP contribution in [-0.2, 0) is 4.43 Å². The summed E-state index contributed by atoms with van der Waals surface area (Å²) in [6.07, 6.45) is 0. The minimum atomic E-state index is -1.60. The maximum atomic E-state index is 8.87. The van der Waals surface area contributed by atoms with E-state index in [1.54, 1.807) is 0 Å². The number of hydrogen-bond donors (Lipinski definition) is 1. The molecule has 0 rings (SSSR count). The van der Waals surface area contributed by atoms with E-state index in [1.165, 1.54) is 0 Å². The number of aliphatic hydroxyl groups excluding tert-OH is 1. The van der Waals surface area contributed by atoms with E-state index in [1.807, 2.05) is 6.92 Å². The standard InChI is InChI=1S/C10H24O2Si/c1-9(7-11)8-12-13(5,6)10(2,3)4/h9,11H,7-8H2,1-6H3. The molecule has 1 unspecified atom stereocenters. The van der Waals surface area contributed by atoms with Crippen molar-refractivity contribution in [2.75, 3.05) is 13.2 Å². The highest BCUT2D eigenvalue weighted by molar-refractivity contribution is 6.74. The predicted octanol–water partition coefficient (Wildman–Crippen LogP) is 2.64. The zero-order valence-electron chi connectivity index (χ0n) is 9.85. The van der Waals surface area contributed by atoms with Gasteiger partial charge in [-0.3, -0.25) is 0 Å². The first-order valence-electron chi connectivity index (χ1n) is 4.95. The van der Waals surface area contributed by atoms with E-state index in [-0.39, 0.29) is 17.6 Å². The Labute approximate surface area is 83.4 Å². The van der Waals surface area contributed by atoms with Gasteiger partial charge in [-0.05, 0) is 18.1 Å². The first-order chi connectivity index (χ1) is 5.70. The Hall–Kier alpha value is 0.137. The Kier molecular flexibility index (Phi) is 4.62. The summed E-state index contributed by atoms with van der Waals surface area (Å²) in [6.45, 7) is 14.1. The molecule has 13 heavy (non-hydrogen) atoms. The van der Waals surface area contributed by atoms with Crippen molar-refractivity contribution in [3.63, 3.8) is 0 Å². The minimum absolute atomic E-state index is 0.217. The van der Waals surface area contributed by atoms with E-state index in [4.69, 9.17) is 9.53 Å². The van der Waals surface area contributed by atoms with Crippen LogP contribution >= 0.6 is 0 Å². The van der Waals surface area contributed by atoms with Gasteiger partial charge in [-0.15, -0.1) is 0 Å². The summed E-state index contributed by atoms with van der Waals surface area (Å²) in [7, 11) is -1.60. The predicted molar refractivity (Wildman–Crippen MR) is 59.4 cm³/mol. The maximum Gasteiger partial charge on any atom is 0.191 e. The van der Waals surface area contributed by atoms with Crippen LogP contribution in [0.3, 0.4) is 0 Å². The fourth-order valence-corrected chi connectivity index (χ4v) is 1.75. The summed E-state index contributed by atoms with van der Waals surface area (Å²) in [4.78, 5) is 0. The smallest absolute Gasteiger partial charge is 0.191 e. The largest absolute Gasteiger partial charge is 0.416 e.